The number of fused-ring (bicyclic) bond motifs is 1. The zero-order chi connectivity index (χ0) is 11.7. The summed E-state index contributed by atoms with van der Waals surface area (Å²) in [5.74, 6) is -1.82. The van der Waals surface area contributed by atoms with Crippen molar-refractivity contribution in [2.75, 3.05) is 0 Å². The molecule has 0 N–H and O–H groups in total. The van der Waals surface area contributed by atoms with E-state index in [9.17, 15) is 8.78 Å². The lowest BCUT2D eigenvalue weighted by atomic mass is 10.2. The SMILES string of the molecule is Fc1cc2nc(CBr)c(CBr)nc2cc1F. The predicted octanol–water partition coefficient (Wildman–Crippen LogP) is 3.70. The van der Waals surface area contributed by atoms with Crippen molar-refractivity contribution in [1.29, 1.82) is 0 Å². The van der Waals surface area contributed by atoms with Crippen LogP contribution in [0.4, 0.5) is 8.78 Å². The zero-order valence-corrected chi connectivity index (χ0v) is 11.1. The standard InChI is InChI=1S/C10H6Br2F2N2/c11-3-9-10(4-12)16-8-2-6(14)5(13)1-7(8)15-9/h1-2H,3-4H2. The van der Waals surface area contributed by atoms with Gasteiger partial charge in [0.05, 0.1) is 22.4 Å². The molecular weight excluding hydrogens is 346 g/mol. The molecule has 84 valence electrons. The predicted molar refractivity (Wildman–Crippen MR) is 64.7 cm³/mol. The third-order valence-corrected chi connectivity index (χ3v) is 3.18. The van der Waals surface area contributed by atoms with Crippen LogP contribution in [0.25, 0.3) is 11.0 Å². The first-order valence-corrected chi connectivity index (χ1v) is 6.66. The summed E-state index contributed by atoms with van der Waals surface area (Å²) < 4.78 is 26.0. The second-order valence-electron chi connectivity index (χ2n) is 3.14. The van der Waals surface area contributed by atoms with E-state index in [1.54, 1.807) is 0 Å². The van der Waals surface area contributed by atoms with E-state index < -0.39 is 11.6 Å². The number of aromatic nitrogens is 2. The van der Waals surface area contributed by atoms with E-state index in [1.807, 2.05) is 0 Å². The second kappa shape index (κ2) is 4.71. The van der Waals surface area contributed by atoms with Gasteiger partial charge in [0.2, 0.25) is 0 Å². The van der Waals surface area contributed by atoms with Gasteiger partial charge in [-0.15, -0.1) is 0 Å². The summed E-state index contributed by atoms with van der Waals surface area (Å²) in [7, 11) is 0. The Kier molecular flexibility index (Phi) is 3.49. The molecule has 6 heteroatoms. The minimum Gasteiger partial charge on any atom is -0.248 e. The highest BCUT2D eigenvalue weighted by atomic mass is 79.9. The first-order chi connectivity index (χ1) is 7.65. The van der Waals surface area contributed by atoms with Crippen molar-refractivity contribution in [1.82, 2.24) is 9.97 Å². The molecule has 0 spiro atoms. The molecule has 0 aliphatic rings. The zero-order valence-electron chi connectivity index (χ0n) is 7.98. The van der Waals surface area contributed by atoms with Crippen molar-refractivity contribution in [2.24, 2.45) is 0 Å². The molecule has 0 atom stereocenters. The Bertz CT molecular complexity index is 497. The average Bonchev–Trinajstić information content (AvgIpc) is 2.29. The highest BCUT2D eigenvalue weighted by molar-refractivity contribution is 9.09. The average molecular weight is 352 g/mol. The maximum Gasteiger partial charge on any atom is 0.161 e. The molecule has 0 radical (unpaired) electrons. The highest BCUT2D eigenvalue weighted by Crippen LogP contribution is 2.19. The maximum atomic E-state index is 13.0. The topological polar surface area (TPSA) is 25.8 Å². The lowest BCUT2D eigenvalue weighted by Crippen LogP contribution is -1.99. The van der Waals surface area contributed by atoms with Gasteiger partial charge in [0.15, 0.2) is 11.6 Å². The van der Waals surface area contributed by atoms with Crippen molar-refractivity contribution in [3.05, 3.63) is 35.2 Å². The number of halogens is 4. The van der Waals surface area contributed by atoms with E-state index in [1.165, 1.54) is 0 Å². The molecular formula is C10H6Br2F2N2. The molecule has 0 aliphatic heterocycles. The van der Waals surface area contributed by atoms with Crippen LogP contribution in [0.3, 0.4) is 0 Å². The van der Waals surface area contributed by atoms with E-state index in [-0.39, 0.29) is 0 Å². The van der Waals surface area contributed by atoms with Gasteiger partial charge in [-0.3, -0.25) is 0 Å². The smallest absolute Gasteiger partial charge is 0.161 e. The van der Waals surface area contributed by atoms with Crippen LogP contribution < -0.4 is 0 Å². The molecule has 1 aromatic carbocycles. The minimum absolute atomic E-state index is 0.359. The van der Waals surface area contributed by atoms with Crippen LogP contribution in [0.15, 0.2) is 12.1 Å². The quantitative estimate of drug-likeness (QED) is 0.771. The fourth-order valence-corrected chi connectivity index (χ4v) is 2.24. The van der Waals surface area contributed by atoms with Crippen molar-refractivity contribution in [2.45, 2.75) is 10.7 Å². The summed E-state index contributed by atoms with van der Waals surface area (Å²) in [6.07, 6.45) is 0. The van der Waals surface area contributed by atoms with Crippen molar-refractivity contribution in [3.8, 4) is 0 Å². The van der Waals surface area contributed by atoms with Crippen molar-refractivity contribution < 1.29 is 8.78 Å². The van der Waals surface area contributed by atoms with Gasteiger partial charge in [-0.2, -0.15) is 0 Å². The third-order valence-electron chi connectivity index (χ3n) is 2.11. The molecule has 0 saturated heterocycles. The molecule has 0 saturated carbocycles. The van der Waals surface area contributed by atoms with Crippen LogP contribution in [0.5, 0.6) is 0 Å². The van der Waals surface area contributed by atoms with E-state index >= 15 is 0 Å². The third kappa shape index (κ3) is 2.08. The van der Waals surface area contributed by atoms with Gasteiger partial charge in [0, 0.05) is 22.8 Å². The Balaban J connectivity index is 2.73. The number of hydrogen-bond donors (Lipinski definition) is 0. The van der Waals surface area contributed by atoms with Gasteiger partial charge >= 0.3 is 0 Å². The monoisotopic (exact) mass is 350 g/mol. The molecule has 2 aromatic rings. The van der Waals surface area contributed by atoms with Crippen LogP contribution in [0.1, 0.15) is 11.4 Å². The van der Waals surface area contributed by atoms with Gasteiger partial charge in [0.25, 0.3) is 0 Å². The van der Waals surface area contributed by atoms with Crippen LogP contribution in [0.2, 0.25) is 0 Å². The van der Waals surface area contributed by atoms with Crippen LogP contribution in [-0.4, -0.2) is 9.97 Å². The molecule has 1 aromatic heterocycles. The summed E-state index contributed by atoms with van der Waals surface area (Å²) in [6.45, 7) is 0. The van der Waals surface area contributed by atoms with Crippen LogP contribution >= 0.6 is 31.9 Å². The first kappa shape index (κ1) is 11.9. The van der Waals surface area contributed by atoms with Gasteiger partial charge in [-0.05, 0) is 0 Å². The lowest BCUT2D eigenvalue weighted by molar-refractivity contribution is 0.510. The minimum atomic E-state index is -0.908. The Labute approximate surface area is 107 Å². The van der Waals surface area contributed by atoms with E-state index in [0.29, 0.717) is 21.7 Å². The van der Waals surface area contributed by atoms with Crippen LogP contribution in [0, 0.1) is 11.6 Å². The first-order valence-electron chi connectivity index (χ1n) is 4.42. The van der Waals surface area contributed by atoms with Gasteiger partial charge in [-0.1, -0.05) is 31.9 Å². The number of hydrogen-bond acceptors (Lipinski definition) is 2. The van der Waals surface area contributed by atoms with Gasteiger partial charge in [-0.25, -0.2) is 18.7 Å². The molecule has 0 unspecified atom stereocenters. The summed E-state index contributed by atoms with van der Waals surface area (Å²) in [5.41, 5.74) is 2.15. The Morgan fingerprint density at radius 1 is 0.875 bits per heavy atom. The molecule has 16 heavy (non-hydrogen) atoms. The Morgan fingerprint density at radius 2 is 1.25 bits per heavy atom. The molecule has 0 aliphatic carbocycles. The van der Waals surface area contributed by atoms with E-state index in [4.69, 9.17) is 0 Å². The summed E-state index contributed by atoms with van der Waals surface area (Å²) in [5, 5.41) is 1.05. The van der Waals surface area contributed by atoms with Crippen molar-refractivity contribution >= 4 is 42.9 Å². The summed E-state index contributed by atoms with van der Waals surface area (Å²) >= 11 is 6.55. The Hall–Kier alpha value is -0.620. The van der Waals surface area contributed by atoms with E-state index in [0.717, 1.165) is 23.5 Å². The molecule has 1 heterocycles. The highest BCUT2D eigenvalue weighted by Gasteiger charge is 2.10. The normalized spacial score (nSPS) is 11.0. The Morgan fingerprint density at radius 3 is 1.56 bits per heavy atom. The molecule has 2 rings (SSSR count). The fourth-order valence-electron chi connectivity index (χ4n) is 1.34. The lowest BCUT2D eigenvalue weighted by Gasteiger charge is -2.05. The number of rotatable bonds is 2. The fraction of sp³-hybridized carbons (Fsp3) is 0.200. The summed E-state index contributed by atoms with van der Waals surface area (Å²) in [4.78, 5) is 8.44. The molecule has 0 amide bonds. The molecule has 2 nitrogen and oxygen atoms in total. The summed E-state index contributed by atoms with van der Waals surface area (Å²) in [6, 6.07) is 2.11. The molecule has 0 bridgehead atoms. The number of nitrogens with zero attached hydrogens (tertiary/aromatic N) is 2. The van der Waals surface area contributed by atoms with Crippen molar-refractivity contribution in [3.63, 3.8) is 0 Å². The van der Waals surface area contributed by atoms with Gasteiger partial charge < -0.3 is 0 Å². The maximum absolute atomic E-state index is 13.0. The second-order valence-corrected chi connectivity index (χ2v) is 4.26. The molecule has 0 fully saturated rings. The number of benzene rings is 1. The van der Waals surface area contributed by atoms with Gasteiger partial charge in [0.1, 0.15) is 0 Å². The number of alkyl halides is 2. The van der Waals surface area contributed by atoms with Crippen LogP contribution in [-0.2, 0) is 10.7 Å². The largest absolute Gasteiger partial charge is 0.248 e. The van der Waals surface area contributed by atoms with E-state index in [2.05, 4.69) is 41.8 Å².